The zero-order valence-electron chi connectivity index (χ0n) is 15.0. The molecule has 1 amide bonds. The molecule has 1 fully saturated rings. The molecule has 0 radical (unpaired) electrons. The molecule has 0 spiro atoms. The predicted molar refractivity (Wildman–Crippen MR) is 115 cm³/mol. The van der Waals surface area contributed by atoms with Crippen molar-refractivity contribution in [1.82, 2.24) is 4.98 Å². The van der Waals surface area contributed by atoms with Crippen LogP contribution < -0.4 is 10.1 Å². The summed E-state index contributed by atoms with van der Waals surface area (Å²) in [6, 6.07) is 17.4. The summed E-state index contributed by atoms with van der Waals surface area (Å²) >= 11 is 3.94. The Morgan fingerprint density at radius 3 is 2.78 bits per heavy atom. The van der Waals surface area contributed by atoms with Crippen LogP contribution >= 0.6 is 23.5 Å². The minimum absolute atomic E-state index is 0.200. The number of nitrogens with one attached hydrogen (secondary N) is 1. The fourth-order valence-corrected chi connectivity index (χ4v) is 5.87. The number of anilines is 1. The summed E-state index contributed by atoms with van der Waals surface area (Å²) in [5.74, 6) is 2.96. The van der Waals surface area contributed by atoms with Crippen molar-refractivity contribution in [3.63, 3.8) is 0 Å². The van der Waals surface area contributed by atoms with E-state index in [2.05, 4.69) is 22.4 Å². The Morgan fingerprint density at radius 1 is 1.11 bits per heavy atom. The van der Waals surface area contributed by atoms with Gasteiger partial charge in [0.15, 0.2) is 0 Å². The number of pyridine rings is 1. The number of methoxy groups -OCH3 is 1. The Kier molecular flexibility index (Phi) is 5.55. The van der Waals surface area contributed by atoms with Gasteiger partial charge in [0, 0.05) is 11.1 Å². The summed E-state index contributed by atoms with van der Waals surface area (Å²) in [5.41, 5.74) is 3.23. The minimum atomic E-state index is -0.200. The number of hydrogen-bond acceptors (Lipinski definition) is 5. The second-order valence-corrected chi connectivity index (χ2v) is 8.99. The molecule has 1 saturated heterocycles. The number of benzene rings is 2. The predicted octanol–water partition coefficient (Wildman–Crippen LogP) is 5.36. The van der Waals surface area contributed by atoms with Crippen LogP contribution in [0.2, 0.25) is 0 Å². The first-order chi connectivity index (χ1) is 13.2. The second kappa shape index (κ2) is 8.23. The van der Waals surface area contributed by atoms with Gasteiger partial charge in [-0.15, -0.1) is 23.5 Å². The van der Waals surface area contributed by atoms with Gasteiger partial charge in [0.2, 0.25) is 0 Å². The van der Waals surface area contributed by atoms with Crippen molar-refractivity contribution in [3.05, 3.63) is 65.9 Å². The molecule has 27 heavy (non-hydrogen) atoms. The molecule has 0 unspecified atom stereocenters. The second-order valence-electron chi connectivity index (χ2n) is 6.26. The van der Waals surface area contributed by atoms with Crippen LogP contribution in [-0.4, -0.2) is 29.5 Å². The third-order valence-corrected chi connectivity index (χ3v) is 7.39. The maximum atomic E-state index is 12.7. The molecule has 1 aliphatic rings. The van der Waals surface area contributed by atoms with E-state index in [1.807, 2.05) is 59.9 Å². The van der Waals surface area contributed by atoms with Gasteiger partial charge in [0.25, 0.3) is 5.91 Å². The number of hydrogen-bond donors (Lipinski definition) is 1. The summed E-state index contributed by atoms with van der Waals surface area (Å²) in [4.78, 5) is 17.1. The highest BCUT2D eigenvalue weighted by Gasteiger charge is 2.17. The van der Waals surface area contributed by atoms with E-state index in [1.165, 1.54) is 23.5 Å². The van der Waals surface area contributed by atoms with Crippen molar-refractivity contribution >= 4 is 46.0 Å². The van der Waals surface area contributed by atoms with E-state index in [-0.39, 0.29) is 5.91 Å². The van der Waals surface area contributed by atoms with E-state index in [9.17, 15) is 4.79 Å². The van der Waals surface area contributed by atoms with Crippen LogP contribution in [0.3, 0.4) is 0 Å². The SMILES string of the molecule is COc1ccc2nc(C(=O)Nc3cccc(C4SCCCS4)c3)ccc2c1. The zero-order chi connectivity index (χ0) is 18.6. The summed E-state index contributed by atoms with van der Waals surface area (Å²) in [5, 5.41) is 3.92. The van der Waals surface area contributed by atoms with Gasteiger partial charge in [-0.05, 0) is 59.9 Å². The van der Waals surface area contributed by atoms with Crippen molar-refractivity contribution in [2.24, 2.45) is 0 Å². The van der Waals surface area contributed by atoms with Crippen LogP contribution in [-0.2, 0) is 0 Å². The third-order valence-electron chi connectivity index (χ3n) is 4.37. The molecule has 2 aromatic carbocycles. The van der Waals surface area contributed by atoms with Crippen molar-refractivity contribution in [3.8, 4) is 5.75 Å². The minimum Gasteiger partial charge on any atom is -0.497 e. The van der Waals surface area contributed by atoms with E-state index in [0.717, 1.165) is 22.3 Å². The van der Waals surface area contributed by atoms with Crippen molar-refractivity contribution in [1.29, 1.82) is 0 Å². The molecule has 4 nitrogen and oxygen atoms in total. The summed E-state index contributed by atoms with van der Waals surface area (Å²) < 4.78 is 5.68. The van der Waals surface area contributed by atoms with Crippen LogP contribution in [0.4, 0.5) is 5.69 Å². The Hall–Kier alpha value is -2.18. The highest BCUT2D eigenvalue weighted by atomic mass is 32.2. The maximum absolute atomic E-state index is 12.7. The summed E-state index contributed by atoms with van der Waals surface area (Å²) in [7, 11) is 1.63. The maximum Gasteiger partial charge on any atom is 0.274 e. The molecule has 138 valence electrons. The Morgan fingerprint density at radius 2 is 1.96 bits per heavy atom. The van der Waals surface area contributed by atoms with Crippen LogP contribution in [0.25, 0.3) is 10.9 Å². The standard InChI is InChI=1S/C21H20N2O2S2/c1-25-17-7-9-18-14(13-17)6-8-19(23-18)20(24)22-16-5-2-4-15(12-16)21-26-10-3-11-27-21/h2,4-9,12-13,21H,3,10-11H2,1H3,(H,22,24). The first-order valence-corrected chi connectivity index (χ1v) is 10.9. The van der Waals surface area contributed by atoms with E-state index < -0.39 is 0 Å². The van der Waals surface area contributed by atoms with Gasteiger partial charge in [-0.1, -0.05) is 18.2 Å². The van der Waals surface area contributed by atoms with Gasteiger partial charge in [-0.25, -0.2) is 4.98 Å². The fraction of sp³-hybridized carbons (Fsp3) is 0.238. The van der Waals surface area contributed by atoms with E-state index >= 15 is 0 Å². The molecule has 1 aliphatic heterocycles. The van der Waals surface area contributed by atoms with E-state index in [1.54, 1.807) is 13.2 Å². The highest BCUT2D eigenvalue weighted by molar-refractivity contribution is 8.16. The van der Waals surface area contributed by atoms with Gasteiger partial charge in [0.1, 0.15) is 11.4 Å². The molecule has 1 N–H and O–H groups in total. The number of ether oxygens (including phenoxy) is 1. The zero-order valence-corrected chi connectivity index (χ0v) is 16.6. The number of rotatable bonds is 4. The number of carbonyl (C=O) groups excluding carboxylic acids is 1. The number of carbonyl (C=O) groups is 1. The van der Waals surface area contributed by atoms with Crippen LogP contribution in [0, 0.1) is 0 Å². The number of thioether (sulfide) groups is 2. The Bertz CT molecular complexity index is 971. The average molecular weight is 397 g/mol. The molecular formula is C21H20N2O2S2. The first-order valence-electron chi connectivity index (χ1n) is 8.82. The van der Waals surface area contributed by atoms with E-state index in [0.29, 0.717) is 10.3 Å². The summed E-state index contributed by atoms with van der Waals surface area (Å²) in [6.07, 6.45) is 1.27. The van der Waals surface area contributed by atoms with Crippen molar-refractivity contribution < 1.29 is 9.53 Å². The lowest BCUT2D eigenvalue weighted by Gasteiger charge is -2.21. The quantitative estimate of drug-likeness (QED) is 0.643. The molecular weight excluding hydrogens is 376 g/mol. The van der Waals surface area contributed by atoms with Gasteiger partial charge < -0.3 is 10.1 Å². The molecule has 4 rings (SSSR count). The molecule has 0 aliphatic carbocycles. The molecule has 0 atom stereocenters. The first kappa shape index (κ1) is 18.2. The number of amides is 1. The van der Waals surface area contributed by atoms with Gasteiger partial charge in [-0.2, -0.15) is 0 Å². The number of fused-ring (bicyclic) bond motifs is 1. The third kappa shape index (κ3) is 4.22. The van der Waals surface area contributed by atoms with Gasteiger partial charge in [0.05, 0.1) is 17.2 Å². The van der Waals surface area contributed by atoms with Crippen molar-refractivity contribution in [2.45, 2.75) is 11.0 Å². The highest BCUT2D eigenvalue weighted by Crippen LogP contribution is 2.44. The summed E-state index contributed by atoms with van der Waals surface area (Å²) in [6.45, 7) is 0. The normalized spacial score (nSPS) is 14.9. The lowest BCUT2D eigenvalue weighted by molar-refractivity contribution is 0.102. The van der Waals surface area contributed by atoms with Crippen molar-refractivity contribution in [2.75, 3.05) is 23.9 Å². The number of aromatic nitrogens is 1. The monoisotopic (exact) mass is 396 g/mol. The Balaban J connectivity index is 1.52. The average Bonchev–Trinajstić information content (AvgIpc) is 2.73. The Labute approximate surface area is 167 Å². The molecule has 2 heterocycles. The fourth-order valence-electron chi connectivity index (χ4n) is 3.00. The molecule has 0 saturated carbocycles. The van der Waals surface area contributed by atoms with Crippen LogP contribution in [0.15, 0.2) is 54.6 Å². The molecule has 0 bridgehead atoms. The van der Waals surface area contributed by atoms with Gasteiger partial charge >= 0.3 is 0 Å². The molecule has 3 aromatic rings. The van der Waals surface area contributed by atoms with Gasteiger partial charge in [-0.3, -0.25) is 4.79 Å². The van der Waals surface area contributed by atoms with Crippen LogP contribution in [0.5, 0.6) is 5.75 Å². The molecule has 6 heteroatoms. The number of nitrogens with zero attached hydrogens (tertiary/aromatic N) is 1. The molecule has 1 aromatic heterocycles. The lowest BCUT2D eigenvalue weighted by atomic mass is 10.2. The smallest absolute Gasteiger partial charge is 0.274 e. The van der Waals surface area contributed by atoms with Crippen LogP contribution in [0.1, 0.15) is 27.1 Å². The lowest BCUT2D eigenvalue weighted by Crippen LogP contribution is -2.14. The largest absolute Gasteiger partial charge is 0.497 e. The topological polar surface area (TPSA) is 51.2 Å². The van der Waals surface area contributed by atoms with E-state index in [4.69, 9.17) is 4.74 Å².